The number of carbonyl (C=O) groups is 1. The molecule has 0 fully saturated rings. The van der Waals surface area contributed by atoms with Crippen LogP contribution < -0.4 is 5.32 Å². The molecule has 1 heterocycles. The number of nitrogens with one attached hydrogen (secondary N) is 3. The topological polar surface area (TPSA) is 84.5 Å². The van der Waals surface area contributed by atoms with E-state index in [9.17, 15) is 9.18 Å². The smallest absolute Gasteiger partial charge is 0.254 e. The van der Waals surface area contributed by atoms with Crippen LogP contribution in [0.2, 0.25) is 0 Å². The first-order chi connectivity index (χ1) is 8.11. The summed E-state index contributed by atoms with van der Waals surface area (Å²) in [6.07, 6.45) is 0. The zero-order chi connectivity index (χ0) is 12.4. The van der Waals surface area contributed by atoms with Gasteiger partial charge >= 0.3 is 0 Å². The Bertz CT molecular complexity index is 682. The molecule has 0 radical (unpaired) electrons. The Hall–Kier alpha value is -2.20. The van der Waals surface area contributed by atoms with Crippen molar-refractivity contribution in [3.63, 3.8) is 0 Å². The molecule has 5 nitrogen and oxygen atoms in total. The zero-order valence-corrected chi connectivity index (χ0v) is 9.32. The summed E-state index contributed by atoms with van der Waals surface area (Å²) in [7, 11) is 0. The van der Waals surface area contributed by atoms with Crippen LogP contribution in [-0.2, 0) is 0 Å². The molecule has 2 aromatic rings. The minimum Gasteiger partial charge on any atom is -0.339 e. The van der Waals surface area contributed by atoms with Gasteiger partial charge < -0.3 is 15.3 Å². The number of rotatable bonds is 2. The van der Waals surface area contributed by atoms with Crippen molar-refractivity contribution in [1.29, 1.82) is 5.26 Å². The molecular formula is C10H7FN4OS. The highest BCUT2D eigenvalue weighted by molar-refractivity contribution is 7.71. The largest absolute Gasteiger partial charge is 0.339 e. The van der Waals surface area contributed by atoms with Crippen molar-refractivity contribution in [2.75, 3.05) is 6.54 Å². The van der Waals surface area contributed by atoms with E-state index in [1.54, 1.807) is 6.07 Å². The lowest BCUT2D eigenvalue weighted by atomic mass is 10.1. The van der Waals surface area contributed by atoms with Gasteiger partial charge in [0.2, 0.25) is 0 Å². The summed E-state index contributed by atoms with van der Waals surface area (Å²) >= 11 is 4.87. The third kappa shape index (κ3) is 2.16. The molecule has 2 rings (SSSR count). The van der Waals surface area contributed by atoms with Crippen molar-refractivity contribution in [3.8, 4) is 6.07 Å². The molecule has 7 heteroatoms. The van der Waals surface area contributed by atoms with Gasteiger partial charge in [-0.05, 0) is 24.4 Å². The maximum atomic E-state index is 13.3. The minimum absolute atomic E-state index is 0.114. The quantitative estimate of drug-likeness (QED) is 0.559. The Morgan fingerprint density at radius 1 is 1.53 bits per heavy atom. The van der Waals surface area contributed by atoms with Crippen LogP contribution in [0, 0.1) is 21.9 Å². The number of hydrogen-bond acceptors (Lipinski definition) is 3. The van der Waals surface area contributed by atoms with Gasteiger partial charge in [0.15, 0.2) is 4.77 Å². The number of hydrogen-bond donors (Lipinski definition) is 3. The lowest BCUT2D eigenvalue weighted by Crippen LogP contribution is -2.23. The highest BCUT2D eigenvalue weighted by Gasteiger charge is 2.13. The fraction of sp³-hybridized carbons (Fsp3) is 0.100. The van der Waals surface area contributed by atoms with Gasteiger partial charge in [-0.1, -0.05) is 0 Å². The van der Waals surface area contributed by atoms with Crippen LogP contribution in [-0.4, -0.2) is 22.4 Å². The highest BCUT2D eigenvalue weighted by Crippen LogP contribution is 2.17. The van der Waals surface area contributed by atoms with Crippen molar-refractivity contribution >= 4 is 29.2 Å². The Morgan fingerprint density at radius 2 is 2.29 bits per heavy atom. The number of imidazole rings is 1. The first-order valence-corrected chi connectivity index (χ1v) is 5.09. The number of aromatic amines is 2. The molecule has 1 aromatic heterocycles. The molecule has 3 N–H and O–H groups in total. The van der Waals surface area contributed by atoms with Crippen LogP contribution in [0.4, 0.5) is 4.39 Å². The molecule has 86 valence electrons. The van der Waals surface area contributed by atoms with Crippen LogP contribution >= 0.6 is 12.2 Å². The Labute approximate surface area is 100 Å². The average Bonchev–Trinajstić information content (AvgIpc) is 2.64. The molecular weight excluding hydrogens is 243 g/mol. The molecule has 17 heavy (non-hydrogen) atoms. The van der Waals surface area contributed by atoms with Gasteiger partial charge in [0.05, 0.1) is 22.7 Å². The maximum absolute atomic E-state index is 13.3. The first-order valence-electron chi connectivity index (χ1n) is 4.68. The number of benzene rings is 1. The predicted octanol–water partition coefficient (Wildman–Crippen LogP) is 1.62. The van der Waals surface area contributed by atoms with E-state index in [2.05, 4.69) is 15.3 Å². The van der Waals surface area contributed by atoms with E-state index in [0.29, 0.717) is 15.8 Å². The Kier molecular flexibility index (Phi) is 2.89. The minimum atomic E-state index is -0.551. The summed E-state index contributed by atoms with van der Waals surface area (Å²) in [5.41, 5.74) is 0.951. The second-order valence-electron chi connectivity index (χ2n) is 3.30. The molecule has 1 aromatic carbocycles. The second kappa shape index (κ2) is 4.35. The fourth-order valence-electron chi connectivity index (χ4n) is 1.50. The molecule has 0 bridgehead atoms. The number of nitrogens with zero attached hydrogens (tertiary/aromatic N) is 1. The van der Waals surface area contributed by atoms with Crippen LogP contribution in [0.5, 0.6) is 0 Å². The number of fused-ring (bicyclic) bond motifs is 1. The summed E-state index contributed by atoms with van der Waals surface area (Å²) in [6.45, 7) is -0.137. The summed E-state index contributed by atoms with van der Waals surface area (Å²) in [5, 5.41) is 10.7. The third-order valence-electron chi connectivity index (χ3n) is 2.16. The van der Waals surface area contributed by atoms with Gasteiger partial charge in [-0.25, -0.2) is 4.39 Å². The van der Waals surface area contributed by atoms with E-state index in [0.717, 1.165) is 6.07 Å². The van der Waals surface area contributed by atoms with Crippen LogP contribution in [0.25, 0.3) is 11.0 Å². The molecule has 0 saturated carbocycles. The number of carbonyl (C=O) groups excluding carboxylic acids is 1. The number of aromatic nitrogens is 2. The highest BCUT2D eigenvalue weighted by atomic mass is 32.1. The lowest BCUT2D eigenvalue weighted by Gasteiger charge is -2.02. The molecule has 0 saturated heterocycles. The van der Waals surface area contributed by atoms with E-state index in [1.165, 1.54) is 6.07 Å². The number of nitriles is 1. The maximum Gasteiger partial charge on any atom is 0.254 e. The summed E-state index contributed by atoms with van der Waals surface area (Å²) < 4.78 is 13.6. The standard InChI is InChI=1S/C10H7FN4OS/c11-5-3-6(9(16)13-2-1-12)8-7(4-5)14-10(17)15-8/h3-4H,2H2,(H,13,16)(H2,14,15,17). The molecule has 0 aliphatic rings. The lowest BCUT2D eigenvalue weighted by molar-refractivity contribution is 0.0959. The van der Waals surface area contributed by atoms with Gasteiger partial charge in [0.1, 0.15) is 12.4 Å². The van der Waals surface area contributed by atoms with Gasteiger partial charge in [-0.3, -0.25) is 4.79 Å². The van der Waals surface area contributed by atoms with E-state index >= 15 is 0 Å². The molecule has 1 amide bonds. The molecule has 0 unspecified atom stereocenters. The molecule has 0 aliphatic carbocycles. The number of halogens is 1. The zero-order valence-electron chi connectivity index (χ0n) is 8.50. The summed E-state index contributed by atoms with van der Waals surface area (Å²) in [4.78, 5) is 17.2. The normalized spacial score (nSPS) is 10.1. The van der Waals surface area contributed by atoms with Gasteiger partial charge in [-0.2, -0.15) is 5.26 Å². The summed E-state index contributed by atoms with van der Waals surface area (Å²) in [6, 6.07) is 4.10. The number of H-pyrrole nitrogens is 2. The number of amides is 1. The van der Waals surface area contributed by atoms with Gasteiger partial charge in [0.25, 0.3) is 5.91 Å². The van der Waals surface area contributed by atoms with E-state index in [4.69, 9.17) is 17.5 Å². The molecule has 0 spiro atoms. The van der Waals surface area contributed by atoms with Crippen molar-refractivity contribution in [2.24, 2.45) is 0 Å². The van der Waals surface area contributed by atoms with E-state index in [1.807, 2.05) is 0 Å². The van der Waals surface area contributed by atoms with Crippen LogP contribution in [0.3, 0.4) is 0 Å². The third-order valence-corrected chi connectivity index (χ3v) is 2.37. The molecule has 0 atom stereocenters. The van der Waals surface area contributed by atoms with Gasteiger partial charge in [0, 0.05) is 0 Å². The van der Waals surface area contributed by atoms with E-state index in [-0.39, 0.29) is 12.1 Å². The van der Waals surface area contributed by atoms with Crippen LogP contribution in [0.1, 0.15) is 10.4 Å². The van der Waals surface area contributed by atoms with Crippen molar-refractivity contribution in [3.05, 3.63) is 28.3 Å². The predicted molar refractivity (Wildman–Crippen MR) is 61.4 cm³/mol. The monoisotopic (exact) mass is 250 g/mol. The van der Waals surface area contributed by atoms with E-state index < -0.39 is 11.7 Å². The Balaban J connectivity index is 2.56. The van der Waals surface area contributed by atoms with Gasteiger partial charge in [-0.15, -0.1) is 0 Å². The molecule has 0 aliphatic heterocycles. The van der Waals surface area contributed by atoms with Crippen LogP contribution in [0.15, 0.2) is 12.1 Å². The van der Waals surface area contributed by atoms with Crippen molar-refractivity contribution in [1.82, 2.24) is 15.3 Å². The Morgan fingerprint density at radius 3 is 3.00 bits per heavy atom. The second-order valence-corrected chi connectivity index (χ2v) is 3.70. The van der Waals surface area contributed by atoms with Crippen molar-refractivity contribution < 1.29 is 9.18 Å². The SMILES string of the molecule is N#CCNC(=O)c1cc(F)cc2[nH]c(=S)[nH]c12. The first kappa shape index (κ1) is 11.3. The fourth-order valence-corrected chi connectivity index (χ4v) is 1.71. The van der Waals surface area contributed by atoms with Crippen molar-refractivity contribution in [2.45, 2.75) is 0 Å². The average molecular weight is 250 g/mol. The summed E-state index contributed by atoms with van der Waals surface area (Å²) in [5.74, 6) is -1.08.